The molecule has 2 N–H and O–H groups in total. The average molecular weight is 1660 g/mol. The monoisotopic (exact) mass is 1660 g/mol. The lowest BCUT2D eigenvalue weighted by Gasteiger charge is -2.38. The number of nitrogens with zero attached hydrogens (tertiary/aromatic N) is 7. The lowest BCUT2D eigenvalue weighted by atomic mass is 9.75. The molecule has 7 unspecified atom stereocenters. The number of ether oxygens (including phenoxy) is 2. The van der Waals surface area contributed by atoms with Crippen LogP contribution in [-0.2, 0) is 60.5 Å². The number of rotatable bonds is 25. The number of hydrogen-bond acceptors (Lipinski definition) is 16. The number of nitrogens with one attached hydrogen (secondary N) is 1. The van der Waals surface area contributed by atoms with Crippen LogP contribution in [0.4, 0.5) is 0 Å². The third-order valence-corrected chi connectivity index (χ3v) is 23.8. The van der Waals surface area contributed by atoms with Crippen molar-refractivity contribution in [3.63, 3.8) is 0 Å². The van der Waals surface area contributed by atoms with Gasteiger partial charge in [0.05, 0.1) is 35.6 Å². The molecule has 0 saturated carbocycles. The summed E-state index contributed by atoms with van der Waals surface area (Å²) in [5, 5.41) is 13.5. The maximum absolute atomic E-state index is 12.2. The van der Waals surface area contributed by atoms with E-state index in [1.54, 1.807) is 27.7 Å². The topological polar surface area (TPSA) is 159 Å². The van der Waals surface area contributed by atoms with Crippen molar-refractivity contribution in [2.45, 2.75) is 250 Å². The standard InChI is InChI=1S/C17H28N2O.C17H26N2O.C17H28N2.C14H18O3.C12H14O2.C10H12O.C5H12N2.6C2H6/c2*1-15(20)17(2,16-7-5-4-6-8-16)9-10-19-13-11-18(3)12-14-19;1-4-17(2,16-8-6-5-7-9-16)10-11-19-14-12-18(3)13-15-19;1-11(15)14(2,10-13-16-8-9-17-13)12-6-4-3-5-7-12;1-10(14)12(2,8-9-13)11-6-4-3-5-7-11;1-8(9(2)11)10-6-4-3-5-7-10;1-7-4-2-6-3-5-7;6*1-2/h4-8,15,20H,9-14H2,1-3H3;4-8H,9-14H2,1-3H3;5-9H,4,10-15H2,1-3H3;3-7,13H,8-10H2,1-2H3;3-7,9H,8H2,1-2H3;3-8H,1-2H3;6H,2-5H2,1H3;6*1-2H3. The Morgan fingerprint density at radius 1 is 0.408 bits per heavy atom. The number of carbonyl (C=O) groups is 5. The van der Waals surface area contributed by atoms with Gasteiger partial charge in [-0.15, -0.1) is 0 Å². The Balaban J connectivity index is 0. The van der Waals surface area contributed by atoms with Gasteiger partial charge in [-0.2, -0.15) is 0 Å². The molecule has 16 heteroatoms. The van der Waals surface area contributed by atoms with Gasteiger partial charge < -0.3 is 59.0 Å². The molecule has 0 spiro atoms. The fourth-order valence-electron chi connectivity index (χ4n) is 13.8. The summed E-state index contributed by atoms with van der Waals surface area (Å²) in [6, 6.07) is 60.7. The highest BCUT2D eigenvalue weighted by molar-refractivity contribution is 5.90. The van der Waals surface area contributed by atoms with Crippen molar-refractivity contribution >= 4 is 29.4 Å². The lowest BCUT2D eigenvalue weighted by molar-refractivity contribution is -0.127. The molecule has 0 amide bonds. The van der Waals surface area contributed by atoms with E-state index in [1.807, 2.05) is 219 Å². The first kappa shape index (κ1) is 115. The number of aliphatic hydroxyl groups excluding tert-OH is 1. The van der Waals surface area contributed by atoms with Gasteiger partial charge in [-0.1, -0.05) is 293 Å². The van der Waals surface area contributed by atoms with Crippen molar-refractivity contribution in [2.75, 3.05) is 166 Å². The van der Waals surface area contributed by atoms with Crippen LogP contribution in [0.2, 0.25) is 0 Å². The van der Waals surface area contributed by atoms with Crippen molar-refractivity contribution < 1.29 is 38.6 Å². The number of hydrogen-bond donors (Lipinski definition) is 2. The first-order chi connectivity index (χ1) is 57.5. The fourth-order valence-corrected chi connectivity index (χ4v) is 13.8. The minimum absolute atomic E-state index is 0.0239. The number of likely N-dealkylation sites (N-methyl/N-ethyl adjacent to an activating group) is 4. The zero-order chi connectivity index (χ0) is 91.2. The van der Waals surface area contributed by atoms with Crippen molar-refractivity contribution in [1.82, 2.24) is 39.6 Å². The molecule has 16 nitrogen and oxygen atoms in total. The van der Waals surface area contributed by atoms with Crippen LogP contribution in [0, 0.1) is 0 Å². The van der Waals surface area contributed by atoms with E-state index < -0.39 is 10.8 Å². The predicted molar refractivity (Wildman–Crippen MR) is 514 cm³/mol. The molecule has 5 saturated heterocycles. The third kappa shape index (κ3) is 42.5. The Morgan fingerprint density at radius 2 is 0.700 bits per heavy atom. The van der Waals surface area contributed by atoms with E-state index in [9.17, 15) is 29.1 Å². The summed E-state index contributed by atoms with van der Waals surface area (Å²) in [5.41, 5.74) is 5.50. The van der Waals surface area contributed by atoms with Crippen LogP contribution < -0.4 is 5.32 Å². The van der Waals surface area contributed by atoms with Gasteiger partial charge in [-0.05, 0) is 168 Å². The first-order valence-corrected chi connectivity index (χ1v) is 45.9. The van der Waals surface area contributed by atoms with E-state index in [4.69, 9.17) is 9.47 Å². The molecular weight excluding hydrogens is 1490 g/mol. The van der Waals surface area contributed by atoms with Gasteiger partial charge in [-0.25, -0.2) is 0 Å². The van der Waals surface area contributed by atoms with Gasteiger partial charge in [0.2, 0.25) is 0 Å². The van der Waals surface area contributed by atoms with Crippen molar-refractivity contribution in [3.05, 3.63) is 215 Å². The maximum Gasteiger partial charge on any atom is 0.159 e. The number of benzene rings is 6. The molecule has 5 fully saturated rings. The van der Waals surface area contributed by atoms with Crippen LogP contribution >= 0.6 is 0 Å². The van der Waals surface area contributed by atoms with Crippen LogP contribution in [0.5, 0.6) is 0 Å². The molecule has 5 aliphatic heterocycles. The Labute approximate surface area is 734 Å². The third-order valence-electron chi connectivity index (χ3n) is 23.8. The Morgan fingerprint density at radius 3 is 1.00 bits per heavy atom. The molecule has 5 aliphatic rings. The minimum atomic E-state index is -0.664. The van der Waals surface area contributed by atoms with Gasteiger partial charge in [-0.3, -0.25) is 19.2 Å². The highest BCUT2D eigenvalue weighted by atomic mass is 16.7. The Hall–Kier alpha value is -6.77. The molecule has 5 heterocycles. The van der Waals surface area contributed by atoms with Crippen LogP contribution in [0.3, 0.4) is 0 Å². The zero-order valence-corrected chi connectivity index (χ0v) is 81.2. The van der Waals surface area contributed by atoms with Gasteiger partial charge in [0.1, 0.15) is 29.4 Å². The molecule has 7 atom stereocenters. The summed E-state index contributed by atoms with van der Waals surface area (Å²) in [6.45, 7) is 70.3. The molecule has 6 aromatic rings. The second-order valence-corrected chi connectivity index (χ2v) is 31.7. The van der Waals surface area contributed by atoms with Gasteiger partial charge in [0, 0.05) is 129 Å². The van der Waals surface area contributed by atoms with Crippen LogP contribution in [0.1, 0.15) is 244 Å². The van der Waals surface area contributed by atoms with Gasteiger partial charge in [0.25, 0.3) is 0 Å². The molecule has 120 heavy (non-hydrogen) atoms. The number of piperazine rings is 4. The maximum atomic E-state index is 12.2. The molecule has 11 rings (SSSR count). The number of Topliss-reactive ketones (excluding diaryl/α,β-unsaturated/α-hetero) is 4. The smallest absolute Gasteiger partial charge is 0.159 e. The molecule has 0 bridgehead atoms. The van der Waals surface area contributed by atoms with Gasteiger partial charge in [0.15, 0.2) is 6.29 Å². The van der Waals surface area contributed by atoms with Gasteiger partial charge >= 0.3 is 0 Å². The SMILES string of the molecule is CC.CC.CC.CC.CC.CC.CC(=O)C(C)(CC1OCCO1)c1ccccc1.CC(=O)C(C)(CC=O)c1ccccc1.CC(=O)C(C)(CCN1CCN(C)CC1)c1ccccc1.CC(=O)C(C)c1ccccc1.CC(O)C(C)(CCN1CCN(C)CC1)c1ccccc1.CCC(C)(CCN1CCN(C)CC1)c1ccccc1.CN1CCNCC1. The number of aliphatic hydroxyl groups is 1. The van der Waals surface area contributed by atoms with E-state index in [0.29, 0.717) is 25.0 Å². The van der Waals surface area contributed by atoms with Crippen LogP contribution in [0.25, 0.3) is 0 Å². The number of carbonyl (C=O) groups excluding carboxylic acids is 5. The Bertz CT molecular complexity index is 3460. The normalized spacial score (nSPS) is 18.0. The quantitative estimate of drug-likeness (QED) is 0.0521. The number of ketones is 4. The second-order valence-electron chi connectivity index (χ2n) is 31.7. The molecule has 678 valence electrons. The Kier molecular flexibility index (Phi) is 64.1. The minimum Gasteiger partial charge on any atom is -0.393 e. The van der Waals surface area contributed by atoms with Crippen LogP contribution in [-0.4, -0.2) is 247 Å². The highest BCUT2D eigenvalue weighted by Crippen LogP contribution is 2.36. The molecular formula is C104H174N8O8. The van der Waals surface area contributed by atoms with E-state index in [2.05, 4.69) is 162 Å². The van der Waals surface area contributed by atoms with E-state index >= 15 is 0 Å². The zero-order valence-electron chi connectivity index (χ0n) is 81.2. The molecule has 6 aromatic carbocycles. The van der Waals surface area contributed by atoms with Crippen molar-refractivity contribution in [1.29, 1.82) is 0 Å². The summed E-state index contributed by atoms with van der Waals surface area (Å²) < 4.78 is 10.9. The highest BCUT2D eigenvalue weighted by Gasteiger charge is 2.38. The summed E-state index contributed by atoms with van der Waals surface area (Å²) in [4.78, 5) is 74.2. The lowest BCUT2D eigenvalue weighted by Crippen LogP contribution is -2.46. The summed E-state index contributed by atoms with van der Waals surface area (Å²) in [5.74, 6) is 0.684. The first-order valence-electron chi connectivity index (χ1n) is 45.9. The summed E-state index contributed by atoms with van der Waals surface area (Å²) in [6.07, 6.45) is 5.39. The van der Waals surface area contributed by atoms with Crippen molar-refractivity contribution in [2.24, 2.45) is 0 Å². The van der Waals surface area contributed by atoms with Crippen LogP contribution in [0.15, 0.2) is 182 Å². The average Bonchev–Trinajstić information content (AvgIpc) is 1.38. The largest absolute Gasteiger partial charge is 0.393 e. The second kappa shape index (κ2) is 66.7. The summed E-state index contributed by atoms with van der Waals surface area (Å²) >= 11 is 0. The molecule has 0 aliphatic carbocycles. The molecule has 0 aromatic heterocycles. The number of aldehydes is 1. The van der Waals surface area contributed by atoms with E-state index in [-0.39, 0.29) is 58.7 Å². The van der Waals surface area contributed by atoms with Crippen molar-refractivity contribution in [3.8, 4) is 0 Å². The van der Waals surface area contributed by atoms with E-state index in [0.717, 1.165) is 120 Å². The summed E-state index contributed by atoms with van der Waals surface area (Å²) in [7, 11) is 8.72. The fraction of sp³-hybridized carbons (Fsp3) is 0.606. The molecule has 0 radical (unpaired) electrons. The predicted octanol–water partition coefficient (Wildman–Crippen LogP) is 19.6. The van der Waals surface area contributed by atoms with E-state index in [1.165, 1.54) is 76.7 Å².